The average Bonchev–Trinajstić information content (AvgIpc) is 2.30. The molecule has 0 aromatic heterocycles. The maximum absolute atomic E-state index is 12.1. The molecule has 3 nitrogen and oxygen atoms in total. The van der Waals surface area contributed by atoms with Gasteiger partial charge in [-0.3, -0.25) is 4.79 Å². The Morgan fingerprint density at radius 1 is 1.28 bits per heavy atom. The Bertz CT molecular complexity index is 419. The van der Waals surface area contributed by atoms with Crippen LogP contribution in [0.3, 0.4) is 0 Å². The Labute approximate surface area is 122 Å². The third-order valence-corrected chi connectivity index (χ3v) is 3.77. The zero-order chi connectivity index (χ0) is 12.3. The summed E-state index contributed by atoms with van der Waals surface area (Å²) in [4.78, 5) is 12.1. The van der Waals surface area contributed by atoms with Gasteiger partial charge < -0.3 is 11.1 Å². The summed E-state index contributed by atoms with van der Waals surface area (Å²) in [6.45, 7) is 0. The summed E-state index contributed by atoms with van der Waals surface area (Å²) in [7, 11) is 0. The van der Waals surface area contributed by atoms with Gasteiger partial charge in [0, 0.05) is 10.2 Å². The van der Waals surface area contributed by atoms with Crippen molar-refractivity contribution in [2.24, 2.45) is 5.73 Å². The highest BCUT2D eigenvalue weighted by Gasteiger charge is 2.35. The van der Waals surface area contributed by atoms with Crippen molar-refractivity contribution >= 4 is 39.9 Å². The SMILES string of the molecule is Cl.NC1(C(=O)Nc2cccc(Br)c2)CCCCC1. The third kappa shape index (κ3) is 3.70. The standard InChI is InChI=1S/C13H17BrN2O.ClH/c14-10-5-4-6-11(9-10)16-12(17)13(15)7-2-1-3-8-13;/h4-6,9H,1-3,7-8,15H2,(H,16,17);1H. The third-order valence-electron chi connectivity index (χ3n) is 3.28. The lowest BCUT2D eigenvalue weighted by molar-refractivity contribution is -0.122. The van der Waals surface area contributed by atoms with E-state index in [1.165, 1.54) is 6.42 Å². The number of nitrogens with one attached hydrogen (secondary N) is 1. The normalized spacial score (nSPS) is 17.7. The van der Waals surface area contributed by atoms with E-state index >= 15 is 0 Å². The fourth-order valence-corrected chi connectivity index (χ4v) is 2.63. The van der Waals surface area contributed by atoms with Crippen molar-refractivity contribution in [3.63, 3.8) is 0 Å². The molecule has 0 radical (unpaired) electrons. The van der Waals surface area contributed by atoms with Gasteiger partial charge in [0.05, 0.1) is 5.54 Å². The highest BCUT2D eigenvalue weighted by Crippen LogP contribution is 2.27. The van der Waals surface area contributed by atoms with Crippen molar-refractivity contribution in [2.45, 2.75) is 37.6 Å². The first kappa shape index (κ1) is 15.5. The number of rotatable bonds is 2. The number of carbonyl (C=O) groups is 1. The van der Waals surface area contributed by atoms with Crippen molar-refractivity contribution in [1.29, 1.82) is 0 Å². The topological polar surface area (TPSA) is 55.1 Å². The molecular weight excluding hydrogens is 316 g/mol. The fourth-order valence-electron chi connectivity index (χ4n) is 2.23. The van der Waals surface area contributed by atoms with Crippen molar-refractivity contribution in [3.8, 4) is 0 Å². The molecule has 1 fully saturated rings. The van der Waals surface area contributed by atoms with Crippen LogP contribution in [0.4, 0.5) is 5.69 Å². The van der Waals surface area contributed by atoms with E-state index in [4.69, 9.17) is 5.73 Å². The van der Waals surface area contributed by atoms with Gasteiger partial charge in [-0.15, -0.1) is 12.4 Å². The van der Waals surface area contributed by atoms with E-state index in [0.29, 0.717) is 0 Å². The highest BCUT2D eigenvalue weighted by atomic mass is 79.9. The maximum atomic E-state index is 12.1. The fraction of sp³-hybridized carbons (Fsp3) is 0.462. The minimum Gasteiger partial charge on any atom is -0.324 e. The average molecular weight is 334 g/mol. The summed E-state index contributed by atoms with van der Waals surface area (Å²) in [5, 5.41) is 2.90. The van der Waals surface area contributed by atoms with Crippen LogP contribution in [0.15, 0.2) is 28.7 Å². The van der Waals surface area contributed by atoms with Crippen LogP contribution < -0.4 is 11.1 Å². The molecule has 0 saturated heterocycles. The molecule has 1 amide bonds. The predicted octanol–water partition coefficient (Wildman–Crippen LogP) is 3.47. The minimum absolute atomic E-state index is 0. The van der Waals surface area contributed by atoms with E-state index in [0.717, 1.165) is 35.8 Å². The van der Waals surface area contributed by atoms with Crippen LogP contribution in [0.25, 0.3) is 0 Å². The summed E-state index contributed by atoms with van der Waals surface area (Å²) in [6, 6.07) is 7.57. The van der Waals surface area contributed by atoms with Gasteiger partial charge in [0.25, 0.3) is 0 Å². The van der Waals surface area contributed by atoms with Crippen LogP contribution in [-0.2, 0) is 4.79 Å². The first-order valence-corrected chi connectivity index (χ1v) is 6.75. The zero-order valence-corrected chi connectivity index (χ0v) is 12.5. The number of benzene rings is 1. The molecule has 100 valence electrons. The first-order valence-electron chi connectivity index (χ1n) is 5.96. The monoisotopic (exact) mass is 332 g/mol. The second-order valence-corrected chi connectivity index (χ2v) is 5.60. The van der Waals surface area contributed by atoms with Crippen LogP contribution in [0.1, 0.15) is 32.1 Å². The Kier molecular flexibility index (Phi) is 5.63. The molecule has 3 N–H and O–H groups in total. The Hall–Kier alpha value is -0.580. The molecule has 1 aliphatic rings. The van der Waals surface area contributed by atoms with Gasteiger partial charge in [0.15, 0.2) is 0 Å². The molecule has 0 atom stereocenters. The van der Waals surface area contributed by atoms with Gasteiger partial charge in [-0.2, -0.15) is 0 Å². The van der Waals surface area contributed by atoms with Crippen molar-refractivity contribution in [2.75, 3.05) is 5.32 Å². The lowest BCUT2D eigenvalue weighted by Crippen LogP contribution is -2.52. The molecule has 0 unspecified atom stereocenters. The van der Waals surface area contributed by atoms with Gasteiger partial charge in [-0.1, -0.05) is 41.3 Å². The number of carbonyl (C=O) groups excluding carboxylic acids is 1. The Morgan fingerprint density at radius 3 is 2.56 bits per heavy atom. The smallest absolute Gasteiger partial charge is 0.244 e. The van der Waals surface area contributed by atoms with Gasteiger partial charge in [-0.25, -0.2) is 0 Å². The quantitative estimate of drug-likeness (QED) is 0.870. The van der Waals surface area contributed by atoms with Crippen LogP contribution in [0.5, 0.6) is 0 Å². The number of amides is 1. The second kappa shape index (κ2) is 6.55. The molecule has 0 bridgehead atoms. The van der Waals surface area contributed by atoms with E-state index in [1.807, 2.05) is 24.3 Å². The Morgan fingerprint density at radius 2 is 1.94 bits per heavy atom. The Balaban J connectivity index is 0.00000162. The molecule has 18 heavy (non-hydrogen) atoms. The van der Waals surface area contributed by atoms with E-state index < -0.39 is 5.54 Å². The van der Waals surface area contributed by atoms with Gasteiger partial charge in [0.1, 0.15) is 0 Å². The molecular formula is C13H18BrClN2O. The van der Waals surface area contributed by atoms with Crippen molar-refractivity contribution < 1.29 is 4.79 Å². The van der Waals surface area contributed by atoms with E-state index in [-0.39, 0.29) is 18.3 Å². The van der Waals surface area contributed by atoms with E-state index in [2.05, 4.69) is 21.2 Å². The minimum atomic E-state index is -0.680. The molecule has 1 aromatic carbocycles. The molecule has 0 heterocycles. The summed E-state index contributed by atoms with van der Waals surface area (Å²) in [5.41, 5.74) is 6.28. The lowest BCUT2D eigenvalue weighted by atomic mass is 9.82. The number of anilines is 1. The molecule has 5 heteroatoms. The highest BCUT2D eigenvalue weighted by molar-refractivity contribution is 9.10. The predicted molar refractivity (Wildman–Crippen MR) is 80.0 cm³/mol. The largest absolute Gasteiger partial charge is 0.324 e. The van der Waals surface area contributed by atoms with Gasteiger partial charge >= 0.3 is 0 Å². The van der Waals surface area contributed by atoms with E-state index in [9.17, 15) is 4.79 Å². The van der Waals surface area contributed by atoms with Crippen molar-refractivity contribution in [3.05, 3.63) is 28.7 Å². The number of hydrogen-bond acceptors (Lipinski definition) is 2. The van der Waals surface area contributed by atoms with Crippen LogP contribution in [-0.4, -0.2) is 11.4 Å². The van der Waals surface area contributed by atoms with Crippen LogP contribution in [0, 0.1) is 0 Å². The molecule has 0 aliphatic heterocycles. The van der Waals surface area contributed by atoms with Crippen molar-refractivity contribution in [1.82, 2.24) is 0 Å². The van der Waals surface area contributed by atoms with E-state index in [1.54, 1.807) is 0 Å². The second-order valence-electron chi connectivity index (χ2n) is 4.68. The summed E-state index contributed by atoms with van der Waals surface area (Å²) < 4.78 is 0.949. The molecule has 2 rings (SSSR count). The summed E-state index contributed by atoms with van der Waals surface area (Å²) in [6.07, 6.45) is 4.84. The van der Waals surface area contributed by atoms with Crippen LogP contribution >= 0.6 is 28.3 Å². The number of halogens is 2. The molecule has 1 aliphatic carbocycles. The first-order chi connectivity index (χ1) is 8.10. The summed E-state index contributed by atoms with van der Waals surface area (Å²) >= 11 is 3.38. The molecule has 0 spiro atoms. The van der Waals surface area contributed by atoms with Crippen LogP contribution in [0.2, 0.25) is 0 Å². The number of hydrogen-bond donors (Lipinski definition) is 2. The van der Waals surface area contributed by atoms with Gasteiger partial charge in [-0.05, 0) is 31.0 Å². The molecule has 1 aromatic rings. The summed E-state index contributed by atoms with van der Waals surface area (Å²) in [5.74, 6) is -0.0599. The maximum Gasteiger partial charge on any atom is 0.244 e. The van der Waals surface area contributed by atoms with Gasteiger partial charge in [0.2, 0.25) is 5.91 Å². The zero-order valence-electron chi connectivity index (χ0n) is 10.1. The number of nitrogens with two attached hydrogens (primary N) is 1. The molecule has 1 saturated carbocycles. The lowest BCUT2D eigenvalue weighted by Gasteiger charge is -2.31.